The third-order valence-electron chi connectivity index (χ3n) is 1.93. The lowest BCUT2D eigenvalue weighted by Gasteiger charge is -2.06. The molecule has 0 radical (unpaired) electrons. The number of nitrogens with two attached hydrogens (primary N) is 1. The Morgan fingerprint density at radius 1 is 1.36 bits per heavy atom. The summed E-state index contributed by atoms with van der Waals surface area (Å²) in [7, 11) is 0. The molecule has 0 aliphatic rings. The van der Waals surface area contributed by atoms with E-state index in [1.54, 1.807) is 11.8 Å². The quantitative estimate of drug-likeness (QED) is 0.471. The molecule has 0 bridgehead atoms. The molecule has 0 heterocycles. The first-order chi connectivity index (χ1) is 6.65. The maximum Gasteiger partial charge on any atom is 0.102 e. The molecule has 0 aliphatic carbocycles. The van der Waals surface area contributed by atoms with Gasteiger partial charge in [0.1, 0.15) is 5.84 Å². The van der Waals surface area contributed by atoms with Gasteiger partial charge in [0.2, 0.25) is 0 Å². The number of thioether (sulfide) groups is 1. The average Bonchev–Trinajstić information content (AvgIpc) is 2.18. The van der Waals surface area contributed by atoms with Crippen LogP contribution in [0.4, 0.5) is 5.69 Å². The van der Waals surface area contributed by atoms with Crippen molar-refractivity contribution in [2.24, 2.45) is 16.6 Å². The fourth-order valence-corrected chi connectivity index (χ4v) is 1.53. The minimum absolute atomic E-state index is 0.296. The molecule has 0 fully saturated rings. The van der Waals surface area contributed by atoms with Crippen molar-refractivity contribution in [1.82, 2.24) is 0 Å². The van der Waals surface area contributed by atoms with Crippen molar-refractivity contribution in [2.75, 3.05) is 6.26 Å². The third kappa shape index (κ3) is 2.77. The fraction of sp³-hybridized carbons (Fsp3) is 0.364. The minimum atomic E-state index is 0.296. The highest BCUT2D eigenvalue weighted by Crippen LogP contribution is 2.27. The van der Waals surface area contributed by atoms with Gasteiger partial charge in [-0.1, -0.05) is 26.0 Å². The average molecular weight is 208 g/mol. The molecule has 0 aromatic heterocycles. The number of hydrogen-bond acceptors (Lipinski definition) is 2. The van der Waals surface area contributed by atoms with Crippen LogP contribution in [0.15, 0.2) is 34.2 Å². The predicted octanol–water partition coefficient (Wildman–Crippen LogP) is 3.05. The summed E-state index contributed by atoms with van der Waals surface area (Å²) in [6.07, 6.45) is 2.04. The molecule has 2 nitrogen and oxygen atoms in total. The summed E-state index contributed by atoms with van der Waals surface area (Å²) in [4.78, 5) is 5.57. The van der Waals surface area contributed by atoms with Crippen LogP contribution in [0.25, 0.3) is 0 Å². The summed E-state index contributed by atoms with van der Waals surface area (Å²) >= 11 is 1.69. The molecule has 0 spiro atoms. The summed E-state index contributed by atoms with van der Waals surface area (Å²) in [5.41, 5.74) is 6.78. The number of hydrogen-bond donors (Lipinski definition) is 1. The monoisotopic (exact) mass is 208 g/mol. The molecule has 0 saturated carbocycles. The van der Waals surface area contributed by atoms with Gasteiger partial charge in [-0.15, -0.1) is 11.8 Å². The zero-order valence-corrected chi connectivity index (χ0v) is 9.64. The van der Waals surface area contributed by atoms with Gasteiger partial charge in [0.25, 0.3) is 0 Å². The summed E-state index contributed by atoms with van der Waals surface area (Å²) < 4.78 is 0. The molecule has 0 atom stereocenters. The molecule has 1 rings (SSSR count). The SMILES string of the molecule is CSc1ccccc1N=C(N)C(C)C. The van der Waals surface area contributed by atoms with Crippen LogP contribution in [-0.2, 0) is 0 Å². The van der Waals surface area contributed by atoms with Crippen molar-refractivity contribution in [2.45, 2.75) is 18.7 Å². The summed E-state index contributed by atoms with van der Waals surface area (Å²) in [6, 6.07) is 8.03. The highest BCUT2D eigenvalue weighted by atomic mass is 32.2. The summed E-state index contributed by atoms with van der Waals surface area (Å²) in [6.45, 7) is 4.08. The van der Waals surface area contributed by atoms with Crippen LogP contribution in [0.2, 0.25) is 0 Å². The molecule has 2 N–H and O–H groups in total. The number of para-hydroxylation sites is 1. The van der Waals surface area contributed by atoms with Gasteiger partial charge < -0.3 is 5.73 Å². The van der Waals surface area contributed by atoms with Crippen LogP contribution < -0.4 is 5.73 Å². The fourth-order valence-electron chi connectivity index (χ4n) is 0.990. The Bertz CT molecular complexity index is 332. The molecular formula is C11H16N2S. The third-order valence-corrected chi connectivity index (χ3v) is 2.71. The van der Waals surface area contributed by atoms with E-state index in [-0.39, 0.29) is 0 Å². The molecule has 3 heteroatoms. The molecule has 0 saturated heterocycles. The zero-order chi connectivity index (χ0) is 10.6. The second kappa shape index (κ2) is 5.05. The molecule has 1 aromatic rings. The van der Waals surface area contributed by atoms with E-state index in [2.05, 4.69) is 11.1 Å². The number of benzene rings is 1. The van der Waals surface area contributed by atoms with Crippen LogP contribution in [0.3, 0.4) is 0 Å². The van der Waals surface area contributed by atoms with Crippen molar-refractivity contribution < 1.29 is 0 Å². The topological polar surface area (TPSA) is 38.4 Å². The minimum Gasteiger partial charge on any atom is -0.387 e. The van der Waals surface area contributed by atoms with E-state index in [1.165, 1.54) is 0 Å². The highest BCUT2D eigenvalue weighted by molar-refractivity contribution is 7.98. The lowest BCUT2D eigenvalue weighted by Crippen LogP contribution is -2.18. The van der Waals surface area contributed by atoms with Crippen molar-refractivity contribution in [3.8, 4) is 0 Å². The lowest BCUT2D eigenvalue weighted by molar-refractivity contribution is 0.872. The van der Waals surface area contributed by atoms with Gasteiger partial charge in [-0.25, -0.2) is 4.99 Å². The summed E-state index contributed by atoms with van der Waals surface area (Å²) in [5, 5.41) is 0. The van der Waals surface area contributed by atoms with E-state index < -0.39 is 0 Å². The number of amidine groups is 1. The van der Waals surface area contributed by atoms with Gasteiger partial charge in [0, 0.05) is 10.8 Å². The lowest BCUT2D eigenvalue weighted by atomic mass is 10.2. The normalized spacial score (nSPS) is 12.1. The maximum absolute atomic E-state index is 5.81. The van der Waals surface area contributed by atoms with Crippen LogP contribution in [-0.4, -0.2) is 12.1 Å². The van der Waals surface area contributed by atoms with Crippen molar-refractivity contribution in [1.29, 1.82) is 0 Å². The van der Waals surface area contributed by atoms with Crippen LogP contribution in [0, 0.1) is 5.92 Å². The Hall–Kier alpha value is -0.960. The van der Waals surface area contributed by atoms with Crippen molar-refractivity contribution in [3.05, 3.63) is 24.3 Å². The smallest absolute Gasteiger partial charge is 0.102 e. The Morgan fingerprint density at radius 3 is 2.57 bits per heavy atom. The largest absolute Gasteiger partial charge is 0.387 e. The van der Waals surface area contributed by atoms with Gasteiger partial charge in [0.05, 0.1) is 5.69 Å². The first-order valence-electron chi connectivity index (χ1n) is 4.62. The van der Waals surface area contributed by atoms with Gasteiger partial charge in [-0.3, -0.25) is 0 Å². The van der Waals surface area contributed by atoms with Gasteiger partial charge in [0.15, 0.2) is 0 Å². The molecule has 1 aromatic carbocycles. The Balaban J connectivity index is 3.01. The maximum atomic E-state index is 5.81. The zero-order valence-electron chi connectivity index (χ0n) is 8.82. The van der Waals surface area contributed by atoms with Gasteiger partial charge in [-0.2, -0.15) is 0 Å². The van der Waals surface area contributed by atoms with E-state index in [0.29, 0.717) is 11.8 Å². The van der Waals surface area contributed by atoms with Crippen LogP contribution >= 0.6 is 11.8 Å². The molecule has 0 aliphatic heterocycles. The number of nitrogens with zero attached hydrogens (tertiary/aromatic N) is 1. The molecular weight excluding hydrogens is 192 g/mol. The Kier molecular flexibility index (Phi) is 4.01. The first kappa shape index (κ1) is 11.1. The molecule has 76 valence electrons. The second-order valence-corrected chi connectivity index (χ2v) is 4.21. The number of rotatable bonds is 3. The molecule has 0 amide bonds. The standard InChI is InChI=1S/C11H16N2S/c1-8(2)11(12)13-9-6-4-5-7-10(9)14-3/h4-8H,1-3H3,(H2,12,13). The Labute approximate surface area is 89.6 Å². The van der Waals surface area contributed by atoms with Gasteiger partial charge in [-0.05, 0) is 18.4 Å². The van der Waals surface area contributed by atoms with Crippen LogP contribution in [0.5, 0.6) is 0 Å². The van der Waals surface area contributed by atoms with Crippen molar-refractivity contribution in [3.63, 3.8) is 0 Å². The highest BCUT2D eigenvalue weighted by Gasteiger charge is 2.02. The van der Waals surface area contributed by atoms with E-state index in [9.17, 15) is 0 Å². The van der Waals surface area contributed by atoms with E-state index in [4.69, 9.17) is 5.73 Å². The summed E-state index contributed by atoms with van der Waals surface area (Å²) in [5.74, 6) is 0.983. The molecule has 0 unspecified atom stereocenters. The van der Waals surface area contributed by atoms with Gasteiger partial charge >= 0.3 is 0 Å². The number of aliphatic imine (C=N–C) groups is 1. The van der Waals surface area contributed by atoms with Crippen molar-refractivity contribution >= 4 is 23.3 Å². The first-order valence-corrected chi connectivity index (χ1v) is 5.84. The van der Waals surface area contributed by atoms with E-state index in [0.717, 1.165) is 10.6 Å². The molecule has 14 heavy (non-hydrogen) atoms. The van der Waals surface area contributed by atoms with Crippen LogP contribution in [0.1, 0.15) is 13.8 Å². The second-order valence-electron chi connectivity index (χ2n) is 3.36. The van der Waals surface area contributed by atoms with E-state index in [1.807, 2.05) is 38.3 Å². The van der Waals surface area contributed by atoms with E-state index >= 15 is 0 Å². The predicted molar refractivity (Wildman–Crippen MR) is 64.3 cm³/mol. The Morgan fingerprint density at radius 2 is 2.00 bits per heavy atom.